The molecule has 2 aliphatic heterocycles. The summed E-state index contributed by atoms with van der Waals surface area (Å²) in [5.74, 6) is 0.196. The number of halogens is 1. The van der Waals surface area contributed by atoms with Gasteiger partial charge < -0.3 is 29.9 Å². The Bertz CT molecular complexity index is 1230. The number of amides is 3. The Morgan fingerprint density at radius 2 is 1.94 bits per heavy atom. The molecule has 0 aliphatic carbocycles. The Kier molecular flexibility index (Phi) is 5.01. The largest absolute Gasteiger partial charge is 0.497 e. The van der Waals surface area contributed by atoms with Crippen LogP contribution in [0.5, 0.6) is 5.75 Å². The normalized spacial score (nSPS) is 18.7. The lowest BCUT2D eigenvalue weighted by Gasteiger charge is -2.55. The molecular formula is C24H25FN4O4. The summed E-state index contributed by atoms with van der Waals surface area (Å²) < 4.78 is 18.5. The highest BCUT2D eigenvalue weighted by atomic mass is 19.1. The number of anilines is 1. The van der Waals surface area contributed by atoms with Crippen molar-refractivity contribution in [2.45, 2.75) is 18.4 Å². The molecule has 1 fully saturated rings. The molecular weight excluding hydrogens is 427 g/mol. The van der Waals surface area contributed by atoms with E-state index in [1.54, 1.807) is 16.9 Å². The van der Waals surface area contributed by atoms with Crippen molar-refractivity contribution < 1.29 is 23.8 Å². The van der Waals surface area contributed by atoms with Crippen LogP contribution < -0.4 is 10.1 Å². The maximum atomic E-state index is 13.2. The Hall–Kier alpha value is -3.59. The zero-order chi connectivity index (χ0) is 23.3. The fourth-order valence-electron chi connectivity index (χ4n) is 5.16. The van der Waals surface area contributed by atoms with Crippen LogP contribution in [0.3, 0.4) is 0 Å². The smallest absolute Gasteiger partial charge is 0.321 e. The summed E-state index contributed by atoms with van der Waals surface area (Å²) in [6.07, 6.45) is 0. The van der Waals surface area contributed by atoms with Crippen LogP contribution in [0, 0.1) is 5.82 Å². The molecule has 1 aromatic heterocycles. The summed E-state index contributed by atoms with van der Waals surface area (Å²) >= 11 is 0. The van der Waals surface area contributed by atoms with Gasteiger partial charge in [0.05, 0.1) is 25.2 Å². The number of fused-ring (bicyclic) bond motifs is 4. The molecule has 1 atom stereocenters. The zero-order valence-electron chi connectivity index (χ0n) is 18.4. The van der Waals surface area contributed by atoms with Crippen LogP contribution in [0.25, 0.3) is 10.9 Å². The molecule has 2 aromatic carbocycles. The number of nitrogens with zero attached hydrogens (tertiary/aromatic N) is 2. The average Bonchev–Trinajstić information content (AvgIpc) is 3.16. The predicted molar refractivity (Wildman–Crippen MR) is 121 cm³/mol. The van der Waals surface area contributed by atoms with Gasteiger partial charge in [-0.1, -0.05) is 0 Å². The molecule has 172 valence electrons. The first-order valence-electron chi connectivity index (χ1n) is 10.7. The number of aliphatic hydroxyl groups excluding tert-OH is 1. The summed E-state index contributed by atoms with van der Waals surface area (Å²) in [6.45, 7) is 2.51. The van der Waals surface area contributed by atoms with Crippen molar-refractivity contribution in [2.75, 3.05) is 38.7 Å². The van der Waals surface area contributed by atoms with Gasteiger partial charge in [-0.2, -0.15) is 0 Å². The van der Waals surface area contributed by atoms with Gasteiger partial charge in [-0.3, -0.25) is 4.79 Å². The molecule has 3 amide bonds. The van der Waals surface area contributed by atoms with Crippen LogP contribution in [-0.4, -0.2) is 65.2 Å². The SMILES string of the molecule is COc1ccc2c3c([nH]c2c1)[C@H](CO)N(C(C)=O)CC31CN(C(=O)Nc2ccc(F)cc2)C1. The molecule has 5 rings (SSSR count). The van der Waals surface area contributed by atoms with Gasteiger partial charge in [0.1, 0.15) is 11.6 Å². The van der Waals surface area contributed by atoms with Crippen LogP contribution in [0.15, 0.2) is 42.5 Å². The molecule has 0 saturated carbocycles. The van der Waals surface area contributed by atoms with Gasteiger partial charge in [-0.25, -0.2) is 9.18 Å². The minimum absolute atomic E-state index is 0.135. The number of methoxy groups -OCH3 is 1. The Morgan fingerprint density at radius 3 is 2.58 bits per heavy atom. The van der Waals surface area contributed by atoms with Crippen LogP contribution in [0.1, 0.15) is 24.2 Å². The third-order valence-electron chi connectivity index (χ3n) is 6.69. The second-order valence-corrected chi connectivity index (χ2v) is 8.74. The molecule has 9 heteroatoms. The van der Waals surface area contributed by atoms with E-state index in [4.69, 9.17) is 4.74 Å². The second kappa shape index (κ2) is 7.77. The highest BCUT2D eigenvalue weighted by molar-refractivity contribution is 5.92. The lowest BCUT2D eigenvalue weighted by atomic mass is 9.69. The highest BCUT2D eigenvalue weighted by Gasteiger charge is 2.54. The number of aromatic amines is 1. The van der Waals surface area contributed by atoms with Gasteiger partial charge in [-0.15, -0.1) is 0 Å². The number of aromatic nitrogens is 1. The number of hydrogen-bond donors (Lipinski definition) is 3. The van der Waals surface area contributed by atoms with E-state index in [0.29, 0.717) is 31.1 Å². The molecule has 0 radical (unpaired) electrons. The third kappa shape index (κ3) is 3.39. The van der Waals surface area contributed by atoms with Crippen molar-refractivity contribution in [3.63, 3.8) is 0 Å². The molecule has 33 heavy (non-hydrogen) atoms. The van der Waals surface area contributed by atoms with Crippen LogP contribution in [0.2, 0.25) is 0 Å². The van der Waals surface area contributed by atoms with Crippen molar-refractivity contribution in [3.8, 4) is 5.75 Å². The van der Waals surface area contributed by atoms with Gasteiger partial charge in [0, 0.05) is 54.9 Å². The van der Waals surface area contributed by atoms with E-state index in [1.807, 2.05) is 18.2 Å². The molecule has 8 nitrogen and oxygen atoms in total. The first-order chi connectivity index (χ1) is 15.8. The zero-order valence-corrected chi connectivity index (χ0v) is 18.4. The number of ether oxygens (including phenoxy) is 1. The van der Waals surface area contributed by atoms with Gasteiger partial charge in [0.25, 0.3) is 0 Å². The van der Waals surface area contributed by atoms with E-state index in [1.165, 1.54) is 31.2 Å². The van der Waals surface area contributed by atoms with Crippen LogP contribution in [-0.2, 0) is 10.2 Å². The van der Waals surface area contributed by atoms with Crippen molar-refractivity contribution in [1.29, 1.82) is 0 Å². The number of carbonyl (C=O) groups is 2. The summed E-state index contributed by atoms with van der Waals surface area (Å²) in [5.41, 5.74) is 2.73. The number of rotatable bonds is 3. The minimum Gasteiger partial charge on any atom is -0.497 e. The standard InChI is InChI=1S/C24H25FN4O4/c1-14(31)29-13-24(11-28(12-24)23(32)26-16-5-3-15(25)4-6-16)21-18-8-7-17(33-2)9-19(18)27-22(21)20(29)10-30/h3-9,20,27,30H,10-13H2,1-2H3,(H,26,32)/t20-/m0/s1. The molecule has 1 saturated heterocycles. The summed E-state index contributed by atoms with van der Waals surface area (Å²) in [6, 6.07) is 10.6. The lowest BCUT2D eigenvalue weighted by Crippen LogP contribution is -2.68. The first-order valence-corrected chi connectivity index (χ1v) is 10.7. The van der Waals surface area contributed by atoms with E-state index in [9.17, 15) is 19.1 Å². The third-order valence-corrected chi connectivity index (χ3v) is 6.69. The molecule has 0 unspecified atom stereocenters. The van der Waals surface area contributed by atoms with Crippen molar-refractivity contribution >= 4 is 28.5 Å². The van der Waals surface area contributed by atoms with Gasteiger partial charge in [0.15, 0.2) is 0 Å². The van der Waals surface area contributed by atoms with E-state index in [-0.39, 0.29) is 24.4 Å². The minimum atomic E-state index is -0.483. The maximum Gasteiger partial charge on any atom is 0.321 e. The molecule has 0 bridgehead atoms. The Balaban J connectivity index is 1.49. The monoisotopic (exact) mass is 452 g/mol. The van der Waals surface area contributed by atoms with Gasteiger partial charge in [-0.05, 0) is 42.0 Å². The quantitative estimate of drug-likeness (QED) is 0.569. The molecule has 3 aromatic rings. The summed E-state index contributed by atoms with van der Waals surface area (Å²) in [4.78, 5) is 32.0. The highest BCUT2D eigenvalue weighted by Crippen LogP contribution is 2.48. The van der Waals surface area contributed by atoms with Crippen molar-refractivity contribution in [1.82, 2.24) is 14.8 Å². The first kappa shape index (κ1) is 21.3. The van der Waals surface area contributed by atoms with Crippen LogP contribution in [0.4, 0.5) is 14.9 Å². The van der Waals surface area contributed by atoms with E-state index in [0.717, 1.165) is 22.2 Å². The topological polar surface area (TPSA) is 97.9 Å². The number of carbonyl (C=O) groups excluding carboxylic acids is 2. The van der Waals surface area contributed by atoms with Gasteiger partial charge >= 0.3 is 6.03 Å². The number of benzene rings is 2. The lowest BCUT2D eigenvalue weighted by molar-refractivity contribution is -0.135. The number of nitrogens with one attached hydrogen (secondary N) is 2. The average molecular weight is 452 g/mol. The molecule has 2 aliphatic rings. The fraction of sp³-hybridized carbons (Fsp3) is 0.333. The number of likely N-dealkylation sites (tertiary alicyclic amines) is 1. The number of aliphatic hydroxyl groups is 1. The van der Waals surface area contributed by atoms with Crippen molar-refractivity contribution in [3.05, 3.63) is 59.5 Å². The molecule has 3 heterocycles. The van der Waals surface area contributed by atoms with Gasteiger partial charge in [0.2, 0.25) is 5.91 Å². The van der Waals surface area contributed by atoms with Crippen LogP contribution >= 0.6 is 0 Å². The second-order valence-electron chi connectivity index (χ2n) is 8.74. The molecule has 1 spiro atoms. The summed E-state index contributed by atoms with van der Waals surface area (Å²) in [7, 11) is 1.60. The number of urea groups is 1. The predicted octanol–water partition coefficient (Wildman–Crippen LogP) is 3.00. The van der Waals surface area contributed by atoms with E-state index < -0.39 is 11.5 Å². The maximum absolute atomic E-state index is 13.2. The Morgan fingerprint density at radius 1 is 1.21 bits per heavy atom. The summed E-state index contributed by atoms with van der Waals surface area (Å²) in [5, 5.41) is 13.9. The fourth-order valence-corrected chi connectivity index (χ4v) is 5.16. The van der Waals surface area contributed by atoms with E-state index in [2.05, 4.69) is 10.3 Å². The van der Waals surface area contributed by atoms with Crippen molar-refractivity contribution in [2.24, 2.45) is 0 Å². The van der Waals surface area contributed by atoms with E-state index >= 15 is 0 Å². The molecule has 3 N–H and O–H groups in total. The Labute approximate surface area is 189 Å². The number of hydrogen-bond acceptors (Lipinski definition) is 4. The number of H-pyrrole nitrogens is 1.